The molecular weight excluding hydrogens is 546 g/mol. The fraction of sp³-hybridized carbons (Fsp3) is 0.324. The molecule has 2 aliphatic rings. The summed E-state index contributed by atoms with van der Waals surface area (Å²) in [6.45, 7) is 4.07. The van der Waals surface area contributed by atoms with Crippen LogP contribution >= 0.6 is 0 Å². The molecule has 1 heterocycles. The van der Waals surface area contributed by atoms with Gasteiger partial charge in [-0.15, -0.1) is 0 Å². The third-order valence-corrected chi connectivity index (χ3v) is 7.81. The second-order valence-electron chi connectivity index (χ2n) is 10.9. The van der Waals surface area contributed by atoms with Crippen molar-refractivity contribution in [3.05, 3.63) is 114 Å². The van der Waals surface area contributed by atoms with Crippen molar-refractivity contribution in [1.29, 1.82) is 0 Å². The average Bonchev–Trinajstić information content (AvgIpc) is 3.43. The standard InChI is InChI=1S/C34H37N3O6/c1-23(38)25-13-9-14-26(18-25)28-15-6-5-12-27(28)22-43-33-19-30(34(40)41)36-37(33)20-32(39)35-29-16-7-8-17-31(29)42-21-24-10-3-2-4-11-24/h2-6,9-12,14-15,18-19,25,29,31,38H,1,7-8,13,16-17,20-22H2,(H,35,39)(H,40,41)/t25?,29-,31-/m0/s1. The molecule has 9 nitrogen and oxygen atoms in total. The Balaban J connectivity index is 1.26. The van der Waals surface area contributed by atoms with Crippen molar-refractivity contribution in [3.8, 4) is 5.88 Å². The van der Waals surface area contributed by atoms with Crippen molar-refractivity contribution in [1.82, 2.24) is 15.1 Å². The Bertz CT molecular complexity index is 1510. The number of nitrogens with zero attached hydrogens (tertiary/aromatic N) is 2. The third kappa shape index (κ3) is 7.81. The molecule has 3 aromatic rings. The van der Waals surface area contributed by atoms with Crippen LogP contribution in [-0.2, 0) is 29.3 Å². The van der Waals surface area contributed by atoms with E-state index in [4.69, 9.17) is 9.47 Å². The number of carbonyl (C=O) groups excluding carboxylic acids is 1. The van der Waals surface area contributed by atoms with Crippen LogP contribution in [0.25, 0.3) is 5.57 Å². The number of amides is 1. The van der Waals surface area contributed by atoms with Gasteiger partial charge in [-0.2, -0.15) is 5.10 Å². The predicted molar refractivity (Wildman–Crippen MR) is 162 cm³/mol. The molecule has 9 heteroatoms. The normalized spacial score (nSPS) is 19.8. The fourth-order valence-electron chi connectivity index (χ4n) is 5.53. The fourth-order valence-corrected chi connectivity index (χ4v) is 5.53. The second-order valence-corrected chi connectivity index (χ2v) is 10.9. The van der Waals surface area contributed by atoms with E-state index in [2.05, 4.69) is 17.0 Å². The van der Waals surface area contributed by atoms with E-state index in [0.29, 0.717) is 13.0 Å². The summed E-state index contributed by atoms with van der Waals surface area (Å²) in [6, 6.07) is 18.8. The second kappa shape index (κ2) is 14.0. The topological polar surface area (TPSA) is 123 Å². The van der Waals surface area contributed by atoms with Crippen LogP contribution in [0.2, 0.25) is 0 Å². The summed E-state index contributed by atoms with van der Waals surface area (Å²) in [7, 11) is 0. The van der Waals surface area contributed by atoms with Gasteiger partial charge in [-0.25, -0.2) is 9.48 Å². The Morgan fingerprint density at radius 1 is 1.02 bits per heavy atom. The smallest absolute Gasteiger partial charge is 0.356 e. The predicted octanol–water partition coefficient (Wildman–Crippen LogP) is 5.84. The van der Waals surface area contributed by atoms with Gasteiger partial charge in [0.25, 0.3) is 0 Å². The monoisotopic (exact) mass is 583 g/mol. The summed E-state index contributed by atoms with van der Waals surface area (Å²) in [6.07, 6.45) is 10.2. The summed E-state index contributed by atoms with van der Waals surface area (Å²) in [5.41, 5.74) is 3.58. The van der Waals surface area contributed by atoms with Gasteiger partial charge in [0.2, 0.25) is 11.8 Å². The number of aliphatic hydroxyl groups excluding tert-OH is 1. The summed E-state index contributed by atoms with van der Waals surface area (Å²) in [5, 5.41) is 26.7. The lowest BCUT2D eigenvalue weighted by molar-refractivity contribution is -0.124. The van der Waals surface area contributed by atoms with Gasteiger partial charge in [0.15, 0.2) is 5.69 Å². The number of aromatic carboxylic acids is 1. The van der Waals surface area contributed by atoms with Gasteiger partial charge in [-0.3, -0.25) is 4.79 Å². The molecule has 5 rings (SSSR count). The van der Waals surface area contributed by atoms with Crippen molar-refractivity contribution >= 4 is 17.4 Å². The summed E-state index contributed by atoms with van der Waals surface area (Å²) < 4.78 is 13.6. The molecule has 0 saturated heterocycles. The number of ether oxygens (including phenoxy) is 2. The van der Waals surface area contributed by atoms with Gasteiger partial charge >= 0.3 is 5.97 Å². The van der Waals surface area contributed by atoms with Gasteiger partial charge in [-0.1, -0.05) is 92.2 Å². The summed E-state index contributed by atoms with van der Waals surface area (Å²) in [4.78, 5) is 24.9. The van der Waals surface area contributed by atoms with E-state index in [-0.39, 0.29) is 54.5 Å². The minimum Gasteiger partial charge on any atom is -0.512 e. The molecule has 224 valence electrons. The molecule has 2 aromatic carbocycles. The molecule has 1 aromatic heterocycles. The molecule has 3 atom stereocenters. The number of aliphatic hydroxyl groups is 1. The van der Waals surface area contributed by atoms with Crippen LogP contribution in [0.15, 0.2) is 91.2 Å². The minimum atomic E-state index is -1.21. The quantitative estimate of drug-likeness (QED) is 0.229. The number of hydrogen-bond donors (Lipinski definition) is 3. The Morgan fingerprint density at radius 2 is 1.79 bits per heavy atom. The van der Waals surface area contributed by atoms with Crippen LogP contribution in [-0.4, -0.2) is 44.0 Å². The molecule has 3 N–H and O–H groups in total. The highest BCUT2D eigenvalue weighted by atomic mass is 16.5. The Labute approximate surface area is 251 Å². The lowest BCUT2D eigenvalue weighted by atomic mass is 9.89. The van der Waals surface area contributed by atoms with E-state index >= 15 is 0 Å². The van der Waals surface area contributed by atoms with Crippen LogP contribution in [0.3, 0.4) is 0 Å². The zero-order valence-electron chi connectivity index (χ0n) is 24.0. The molecule has 0 spiro atoms. The molecule has 1 saturated carbocycles. The highest BCUT2D eigenvalue weighted by molar-refractivity contribution is 5.86. The van der Waals surface area contributed by atoms with Crippen LogP contribution in [0, 0.1) is 5.92 Å². The zero-order chi connectivity index (χ0) is 30.2. The lowest BCUT2D eigenvalue weighted by Crippen LogP contribution is -2.47. The van der Waals surface area contributed by atoms with Crippen molar-refractivity contribution < 1.29 is 29.3 Å². The van der Waals surface area contributed by atoms with Gasteiger partial charge in [0, 0.05) is 12.0 Å². The van der Waals surface area contributed by atoms with Gasteiger partial charge < -0.3 is 25.0 Å². The molecule has 1 unspecified atom stereocenters. The highest BCUT2D eigenvalue weighted by Gasteiger charge is 2.28. The van der Waals surface area contributed by atoms with Crippen LogP contribution in [0.5, 0.6) is 5.88 Å². The van der Waals surface area contributed by atoms with E-state index in [1.54, 1.807) is 0 Å². The maximum absolute atomic E-state index is 13.2. The average molecular weight is 584 g/mol. The van der Waals surface area contributed by atoms with E-state index in [1.807, 2.05) is 72.8 Å². The van der Waals surface area contributed by atoms with Crippen LogP contribution in [0.4, 0.5) is 0 Å². The van der Waals surface area contributed by atoms with Gasteiger partial charge in [-0.05, 0) is 41.5 Å². The summed E-state index contributed by atoms with van der Waals surface area (Å²) >= 11 is 0. The summed E-state index contributed by atoms with van der Waals surface area (Å²) in [5.74, 6) is -1.38. The molecule has 0 aliphatic heterocycles. The van der Waals surface area contributed by atoms with Crippen molar-refractivity contribution in [2.45, 2.75) is 64.0 Å². The Kier molecular flexibility index (Phi) is 9.73. The largest absolute Gasteiger partial charge is 0.512 e. The maximum atomic E-state index is 13.2. The van der Waals surface area contributed by atoms with Gasteiger partial charge in [0.05, 0.1) is 24.5 Å². The number of rotatable bonds is 12. The number of nitrogens with one attached hydrogen (secondary N) is 1. The van der Waals surface area contributed by atoms with Gasteiger partial charge in [0.1, 0.15) is 13.2 Å². The highest BCUT2D eigenvalue weighted by Crippen LogP contribution is 2.30. The van der Waals surface area contributed by atoms with E-state index in [1.165, 1.54) is 10.7 Å². The molecule has 43 heavy (non-hydrogen) atoms. The lowest BCUT2D eigenvalue weighted by Gasteiger charge is -2.32. The third-order valence-electron chi connectivity index (χ3n) is 7.81. The van der Waals surface area contributed by atoms with E-state index in [9.17, 15) is 19.8 Å². The SMILES string of the molecule is C=C(O)C1C=C(c2ccccc2COc2cc(C(=O)O)nn2CC(=O)N[C@H]2CCCC[C@@H]2OCc2ccccc2)C=CC1. The molecule has 0 bridgehead atoms. The van der Waals surface area contributed by atoms with Crippen molar-refractivity contribution in [2.24, 2.45) is 5.92 Å². The number of carbonyl (C=O) groups is 2. The first-order valence-electron chi connectivity index (χ1n) is 14.6. The number of hydrogen-bond acceptors (Lipinski definition) is 6. The zero-order valence-corrected chi connectivity index (χ0v) is 24.0. The molecule has 0 radical (unpaired) electrons. The number of benzene rings is 2. The minimum absolute atomic E-state index is 0.108. The first-order chi connectivity index (χ1) is 20.9. The van der Waals surface area contributed by atoms with E-state index in [0.717, 1.165) is 47.9 Å². The first-order valence-corrected chi connectivity index (χ1v) is 14.6. The van der Waals surface area contributed by atoms with Crippen molar-refractivity contribution in [2.75, 3.05) is 0 Å². The number of aromatic nitrogens is 2. The number of allylic oxidation sites excluding steroid dienone is 4. The molecule has 1 amide bonds. The van der Waals surface area contributed by atoms with Crippen LogP contribution < -0.4 is 10.1 Å². The Hall–Kier alpha value is -4.63. The van der Waals surface area contributed by atoms with E-state index < -0.39 is 5.97 Å². The molecule has 2 aliphatic carbocycles. The Morgan fingerprint density at radius 3 is 2.58 bits per heavy atom. The molecule has 1 fully saturated rings. The van der Waals surface area contributed by atoms with Crippen LogP contribution in [0.1, 0.15) is 59.3 Å². The number of carboxylic acids is 1. The van der Waals surface area contributed by atoms with Crippen molar-refractivity contribution in [3.63, 3.8) is 0 Å². The first kappa shape index (κ1) is 29.8. The maximum Gasteiger partial charge on any atom is 0.356 e. The number of carboxylic acid groups (broad SMARTS) is 1. The molecular formula is C34H37N3O6.